The van der Waals surface area contributed by atoms with Crippen molar-refractivity contribution in [2.24, 2.45) is 11.8 Å². The number of benzene rings is 1. The Morgan fingerprint density at radius 1 is 1.20 bits per heavy atom. The van der Waals surface area contributed by atoms with Crippen LogP contribution in [-0.4, -0.2) is 31.9 Å². The van der Waals surface area contributed by atoms with E-state index in [1.165, 1.54) is 25.5 Å². The van der Waals surface area contributed by atoms with Crippen molar-refractivity contribution in [2.45, 2.75) is 63.8 Å². The highest BCUT2D eigenvalue weighted by molar-refractivity contribution is 5.68. The number of hydrogen-bond donors (Lipinski definition) is 0. The number of hydrogen-bond acceptors (Lipinski definition) is 4. The monoisotopic (exact) mass is 346 g/mol. The van der Waals surface area contributed by atoms with E-state index in [9.17, 15) is 4.79 Å². The summed E-state index contributed by atoms with van der Waals surface area (Å²) < 4.78 is 16.9. The summed E-state index contributed by atoms with van der Waals surface area (Å²) >= 11 is 0. The predicted molar refractivity (Wildman–Crippen MR) is 96.1 cm³/mol. The zero-order chi connectivity index (χ0) is 17.5. The largest absolute Gasteiger partial charge is 0.469 e. The van der Waals surface area contributed by atoms with E-state index in [-0.39, 0.29) is 5.97 Å². The molecule has 1 saturated heterocycles. The SMILES string of the molecule is COC(=O)CCCCC1CC2C(COCc3ccccc3)CCC2O1. The van der Waals surface area contributed by atoms with E-state index >= 15 is 0 Å². The fourth-order valence-electron chi connectivity index (χ4n) is 4.27. The molecule has 0 spiro atoms. The predicted octanol–water partition coefficient (Wildman–Crippen LogP) is 4.12. The second-order valence-corrected chi connectivity index (χ2v) is 7.36. The van der Waals surface area contributed by atoms with Crippen molar-refractivity contribution in [3.05, 3.63) is 35.9 Å². The minimum absolute atomic E-state index is 0.111. The van der Waals surface area contributed by atoms with Gasteiger partial charge in [-0.15, -0.1) is 0 Å². The van der Waals surface area contributed by atoms with Crippen molar-refractivity contribution in [1.29, 1.82) is 0 Å². The number of carbonyl (C=O) groups is 1. The highest BCUT2D eigenvalue weighted by Gasteiger charge is 2.43. The van der Waals surface area contributed by atoms with Gasteiger partial charge in [0.15, 0.2) is 0 Å². The first-order chi connectivity index (χ1) is 12.3. The summed E-state index contributed by atoms with van der Waals surface area (Å²) in [6.07, 6.45) is 7.85. The summed E-state index contributed by atoms with van der Waals surface area (Å²) in [5, 5.41) is 0. The molecule has 25 heavy (non-hydrogen) atoms. The van der Waals surface area contributed by atoms with Gasteiger partial charge in [-0.3, -0.25) is 4.79 Å². The summed E-state index contributed by atoms with van der Waals surface area (Å²) in [7, 11) is 1.45. The first-order valence-corrected chi connectivity index (χ1v) is 9.60. The van der Waals surface area contributed by atoms with Crippen LogP contribution in [0.4, 0.5) is 0 Å². The van der Waals surface area contributed by atoms with Crippen LogP contribution in [0.2, 0.25) is 0 Å². The molecule has 4 heteroatoms. The van der Waals surface area contributed by atoms with Crippen molar-refractivity contribution in [2.75, 3.05) is 13.7 Å². The van der Waals surface area contributed by atoms with Crippen molar-refractivity contribution in [3.8, 4) is 0 Å². The molecule has 3 rings (SSSR count). The molecule has 4 atom stereocenters. The maximum atomic E-state index is 11.1. The quantitative estimate of drug-likeness (QED) is 0.498. The molecule has 4 nitrogen and oxygen atoms in total. The minimum atomic E-state index is -0.111. The lowest BCUT2D eigenvalue weighted by molar-refractivity contribution is -0.140. The average molecular weight is 346 g/mol. The van der Waals surface area contributed by atoms with E-state index in [0.717, 1.165) is 32.3 Å². The van der Waals surface area contributed by atoms with Gasteiger partial charge >= 0.3 is 5.97 Å². The first kappa shape index (κ1) is 18.4. The molecule has 138 valence electrons. The van der Waals surface area contributed by atoms with Gasteiger partial charge in [0, 0.05) is 6.42 Å². The molecule has 0 aromatic heterocycles. The first-order valence-electron chi connectivity index (χ1n) is 9.60. The Kier molecular flexibility index (Phi) is 6.88. The van der Waals surface area contributed by atoms with Crippen LogP contribution in [-0.2, 0) is 25.6 Å². The topological polar surface area (TPSA) is 44.8 Å². The van der Waals surface area contributed by atoms with Crippen molar-refractivity contribution in [1.82, 2.24) is 0 Å². The summed E-state index contributed by atoms with van der Waals surface area (Å²) in [6.45, 7) is 1.54. The molecular formula is C21H30O4. The molecule has 1 aromatic carbocycles. The third kappa shape index (κ3) is 5.29. The van der Waals surface area contributed by atoms with Gasteiger partial charge in [-0.05, 0) is 49.5 Å². The van der Waals surface area contributed by atoms with Crippen LogP contribution in [0.3, 0.4) is 0 Å². The van der Waals surface area contributed by atoms with Crippen LogP contribution >= 0.6 is 0 Å². The number of carbonyl (C=O) groups excluding carboxylic acids is 1. The van der Waals surface area contributed by atoms with Crippen molar-refractivity contribution in [3.63, 3.8) is 0 Å². The Morgan fingerprint density at radius 2 is 2.04 bits per heavy atom. The molecule has 2 fully saturated rings. The molecule has 1 aliphatic carbocycles. The Labute approximate surface area is 150 Å². The van der Waals surface area contributed by atoms with E-state index in [0.29, 0.717) is 37.1 Å². The number of rotatable bonds is 9. The lowest BCUT2D eigenvalue weighted by Crippen LogP contribution is -2.18. The fourth-order valence-corrected chi connectivity index (χ4v) is 4.27. The molecule has 0 amide bonds. The maximum absolute atomic E-state index is 11.1. The Hall–Kier alpha value is -1.39. The maximum Gasteiger partial charge on any atom is 0.305 e. The zero-order valence-electron chi connectivity index (χ0n) is 15.2. The molecule has 2 aliphatic rings. The van der Waals surface area contributed by atoms with Crippen LogP contribution in [0.5, 0.6) is 0 Å². The van der Waals surface area contributed by atoms with Crippen LogP contribution in [0.15, 0.2) is 30.3 Å². The van der Waals surface area contributed by atoms with E-state index in [4.69, 9.17) is 9.47 Å². The molecule has 1 aromatic rings. The number of esters is 1. The second-order valence-electron chi connectivity index (χ2n) is 7.36. The lowest BCUT2D eigenvalue weighted by atomic mass is 9.91. The van der Waals surface area contributed by atoms with Crippen LogP contribution in [0.1, 0.15) is 50.5 Å². The molecule has 1 saturated carbocycles. The molecule has 0 radical (unpaired) electrons. The highest BCUT2D eigenvalue weighted by Crippen LogP contribution is 2.44. The van der Waals surface area contributed by atoms with Crippen LogP contribution in [0, 0.1) is 11.8 Å². The molecule has 0 N–H and O–H groups in total. The number of ether oxygens (including phenoxy) is 3. The van der Waals surface area contributed by atoms with E-state index in [1.807, 2.05) is 6.07 Å². The van der Waals surface area contributed by atoms with E-state index in [1.54, 1.807) is 0 Å². The van der Waals surface area contributed by atoms with E-state index in [2.05, 4.69) is 29.0 Å². The van der Waals surface area contributed by atoms with E-state index < -0.39 is 0 Å². The third-order valence-electron chi connectivity index (χ3n) is 5.64. The smallest absolute Gasteiger partial charge is 0.305 e. The zero-order valence-corrected chi connectivity index (χ0v) is 15.2. The van der Waals surface area contributed by atoms with Crippen LogP contribution < -0.4 is 0 Å². The number of fused-ring (bicyclic) bond motifs is 1. The minimum Gasteiger partial charge on any atom is -0.469 e. The summed E-state index contributed by atoms with van der Waals surface area (Å²) in [5.41, 5.74) is 1.24. The molecule has 0 bridgehead atoms. The Morgan fingerprint density at radius 3 is 2.84 bits per heavy atom. The standard InChI is InChI=1S/C21H30O4/c1-23-21(22)10-6-5-9-18-13-19-17(11-12-20(19)25-18)15-24-14-16-7-3-2-4-8-16/h2-4,7-8,17-20H,5-6,9-15H2,1H3. The second kappa shape index (κ2) is 9.35. The summed E-state index contributed by atoms with van der Waals surface area (Å²) in [5.74, 6) is 1.18. The molecular weight excluding hydrogens is 316 g/mol. The van der Waals surface area contributed by atoms with Gasteiger partial charge in [0.25, 0.3) is 0 Å². The summed E-state index contributed by atoms with van der Waals surface area (Å²) in [6, 6.07) is 10.4. The molecule has 4 unspecified atom stereocenters. The lowest BCUT2D eigenvalue weighted by Gasteiger charge is -2.17. The van der Waals surface area contributed by atoms with Gasteiger partial charge in [-0.2, -0.15) is 0 Å². The van der Waals surface area contributed by atoms with Gasteiger partial charge in [0.05, 0.1) is 32.5 Å². The van der Waals surface area contributed by atoms with Gasteiger partial charge in [0.1, 0.15) is 0 Å². The molecule has 1 heterocycles. The Bertz CT molecular complexity index is 530. The fraction of sp³-hybridized carbons (Fsp3) is 0.667. The highest BCUT2D eigenvalue weighted by atomic mass is 16.5. The normalized spacial score (nSPS) is 28.0. The number of methoxy groups -OCH3 is 1. The van der Waals surface area contributed by atoms with Crippen molar-refractivity contribution >= 4 is 5.97 Å². The Balaban J connectivity index is 1.34. The van der Waals surface area contributed by atoms with Gasteiger partial charge < -0.3 is 14.2 Å². The number of unbranched alkanes of at least 4 members (excludes halogenated alkanes) is 1. The van der Waals surface area contributed by atoms with Gasteiger partial charge in [-0.25, -0.2) is 0 Å². The van der Waals surface area contributed by atoms with Gasteiger partial charge in [0.2, 0.25) is 0 Å². The summed E-state index contributed by atoms with van der Waals surface area (Å²) in [4.78, 5) is 11.1. The van der Waals surface area contributed by atoms with Crippen LogP contribution in [0.25, 0.3) is 0 Å². The average Bonchev–Trinajstić information content (AvgIpc) is 3.20. The van der Waals surface area contributed by atoms with Gasteiger partial charge in [-0.1, -0.05) is 36.8 Å². The molecule has 1 aliphatic heterocycles. The third-order valence-corrected chi connectivity index (χ3v) is 5.64. The van der Waals surface area contributed by atoms with Crippen molar-refractivity contribution < 1.29 is 19.0 Å².